The van der Waals surface area contributed by atoms with Crippen LogP contribution in [-0.4, -0.2) is 40.7 Å². The van der Waals surface area contributed by atoms with Gasteiger partial charge in [0.05, 0.1) is 26.9 Å². The van der Waals surface area contributed by atoms with E-state index >= 15 is 0 Å². The fraction of sp³-hybridized carbons (Fsp3) is 0.269. The van der Waals surface area contributed by atoms with Gasteiger partial charge >= 0.3 is 0 Å². The predicted octanol–water partition coefficient (Wildman–Crippen LogP) is 4.22. The summed E-state index contributed by atoms with van der Waals surface area (Å²) in [6.07, 6.45) is 4.71. The van der Waals surface area contributed by atoms with Gasteiger partial charge in [0.15, 0.2) is 0 Å². The van der Waals surface area contributed by atoms with Crippen LogP contribution >= 0.6 is 0 Å². The third kappa shape index (κ3) is 3.61. The second-order valence-corrected chi connectivity index (χ2v) is 8.14. The zero-order valence-electron chi connectivity index (χ0n) is 18.3. The van der Waals surface area contributed by atoms with Gasteiger partial charge in [0.2, 0.25) is 0 Å². The lowest BCUT2D eigenvalue weighted by atomic mass is 9.92. The lowest BCUT2D eigenvalue weighted by molar-refractivity contribution is 0.201. The number of nitrogens with one attached hydrogen (secondary N) is 1. The molecule has 6 nitrogen and oxygen atoms in total. The fourth-order valence-corrected chi connectivity index (χ4v) is 4.82. The molecule has 0 fully saturated rings. The smallest absolute Gasteiger partial charge is 0.124 e. The lowest BCUT2D eigenvalue weighted by Crippen LogP contribution is -2.35. The summed E-state index contributed by atoms with van der Waals surface area (Å²) >= 11 is 0. The van der Waals surface area contributed by atoms with Gasteiger partial charge in [-0.05, 0) is 59.5 Å². The molecule has 0 amide bonds. The minimum atomic E-state index is -0.0446. The maximum absolute atomic E-state index is 9.75. The van der Waals surface area contributed by atoms with Crippen molar-refractivity contribution in [3.05, 3.63) is 88.9 Å². The van der Waals surface area contributed by atoms with Crippen molar-refractivity contribution in [2.45, 2.75) is 25.6 Å². The van der Waals surface area contributed by atoms with Gasteiger partial charge in [-0.1, -0.05) is 12.1 Å². The van der Waals surface area contributed by atoms with E-state index in [0.29, 0.717) is 5.75 Å². The molecule has 0 unspecified atom stereocenters. The number of rotatable bonds is 6. The first-order valence-corrected chi connectivity index (χ1v) is 10.8. The van der Waals surface area contributed by atoms with Crippen LogP contribution in [0.5, 0.6) is 11.5 Å². The Morgan fingerprint density at radius 3 is 2.78 bits per heavy atom. The van der Waals surface area contributed by atoms with Gasteiger partial charge in [-0.2, -0.15) is 0 Å². The van der Waals surface area contributed by atoms with E-state index in [1.54, 1.807) is 14.2 Å². The first-order chi connectivity index (χ1) is 15.7. The summed E-state index contributed by atoms with van der Waals surface area (Å²) in [5.74, 6) is 1.58. The van der Waals surface area contributed by atoms with E-state index in [4.69, 9.17) is 9.47 Å². The first kappa shape index (κ1) is 20.5. The van der Waals surface area contributed by atoms with Gasteiger partial charge in [0.25, 0.3) is 0 Å². The molecule has 32 heavy (non-hydrogen) atoms. The zero-order chi connectivity index (χ0) is 22.1. The number of nitrogens with zero attached hydrogens (tertiary/aromatic N) is 2. The first-order valence-electron chi connectivity index (χ1n) is 10.8. The zero-order valence-corrected chi connectivity index (χ0v) is 18.3. The summed E-state index contributed by atoms with van der Waals surface area (Å²) in [7, 11) is 3.33. The number of hydrogen-bond donors (Lipinski definition) is 2. The molecule has 4 aromatic rings. The Balaban J connectivity index is 1.57. The molecule has 6 heteroatoms. The molecule has 2 aromatic heterocycles. The average Bonchev–Trinajstić information content (AvgIpc) is 3.22. The topological polar surface area (TPSA) is 70.6 Å². The molecule has 0 spiro atoms. The predicted molar refractivity (Wildman–Crippen MR) is 124 cm³/mol. The van der Waals surface area contributed by atoms with Crippen LogP contribution < -0.4 is 9.47 Å². The normalized spacial score (nSPS) is 16.2. The minimum absolute atomic E-state index is 0.0446. The van der Waals surface area contributed by atoms with Crippen molar-refractivity contribution in [2.24, 2.45) is 0 Å². The largest absolute Gasteiger partial charge is 0.497 e. The molecule has 5 rings (SSSR count). The van der Waals surface area contributed by atoms with Crippen LogP contribution in [0.3, 0.4) is 0 Å². The molecule has 0 saturated carbocycles. The number of fused-ring (bicyclic) bond motifs is 3. The number of aromatic amines is 1. The molecule has 0 radical (unpaired) electrons. The Bertz CT molecular complexity index is 1240. The van der Waals surface area contributed by atoms with E-state index < -0.39 is 0 Å². The fourth-order valence-electron chi connectivity index (χ4n) is 4.82. The summed E-state index contributed by atoms with van der Waals surface area (Å²) in [6.45, 7) is 1.63. The molecular formula is C26H27N3O3. The molecule has 1 aliphatic rings. The summed E-state index contributed by atoms with van der Waals surface area (Å²) in [5, 5.41) is 11.0. The number of hydrogen-bond acceptors (Lipinski definition) is 5. The van der Waals surface area contributed by atoms with E-state index in [9.17, 15) is 5.11 Å². The van der Waals surface area contributed by atoms with Crippen LogP contribution in [0.1, 0.15) is 34.0 Å². The highest BCUT2D eigenvalue weighted by Crippen LogP contribution is 2.40. The van der Waals surface area contributed by atoms with Crippen LogP contribution in [0, 0.1) is 0 Å². The quantitative estimate of drug-likeness (QED) is 0.480. The Morgan fingerprint density at radius 1 is 1.12 bits per heavy atom. The second kappa shape index (κ2) is 8.65. The van der Waals surface area contributed by atoms with Gasteiger partial charge in [-0.15, -0.1) is 0 Å². The van der Waals surface area contributed by atoms with Crippen LogP contribution in [0.15, 0.2) is 60.9 Å². The monoisotopic (exact) mass is 429 g/mol. The maximum Gasteiger partial charge on any atom is 0.124 e. The molecule has 2 N–H and O–H groups in total. The van der Waals surface area contributed by atoms with Crippen LogP contribution in [0.4, 0.5) is 0 Å². The molecule has 0 bridgehead atoms. The Hall–Kier alpha value is -3.35. The number of aliphatic hydroxyl groups is 1. The van der Waals surface area contributed by atoms with E-state index in [1.165, 1.54) is 16.6 Å². The third-order valence-electron chi connectivity index (χ3n) is 6.33. The number of pyridine rings is 1. The van der Waals surface area contributed by atoms with Crippen LogP contribution in [0.25, 0.3) is 10.9 Å². The molecule has 2 aromatic carbocycles. The van der Waals surface area contributed by atoms with Crippen molar-refractivity contribution in [1.29, 1.82) is 0 Å². The Morgan fingerprint density at radius 2 is 2.03 bits per heavy atom. The summed E-state index contributed by atoms with van der Waals surface area (Å²) < 4.78 is 10.8. The van der Waals surface area contributed by atoms with E-state index in [2.05, 4.69) is 39.1 Å². The van der Waals surface area contributed by atoms with Crippen molar-refractivity contribution in [3.8, 4) is 11.5 Å². The summed E-state index contributed by atoms with van der Waals surface area (Å²) in [6, 6.07) is 16.4. The molecule has 0 aliphatic carbocycles. The van der Waals surface area contributed by atoms with Crippen molar-refractivity contribution < 1.29 is 14.6 Å². The van der Waals surface area contributed by atoms with Crippen molar-refractivity contribution >= 4 is 10.9 Å². The molecule has 0 saturated heterocycles. The minimum Gasteiger partial charge on any atom is -0.497 e. The molecule has 164 valence electrons. The number of ether oxygens (including phenoxy) is 2. The van der Waals surface area contributed by atoms with Gasteiger partial charge in [-0.25, -0.2) is 0 Å². The second-order valence-electron chi connectivity index (χ2n) is 8.14. The SMILES string of the molecule is COc1ccc2[nH]c3c(c2c1)CCN(Cc1ccc(OC)c(CO)c1)[C@@H]3c1cccnc1. The highest BCUT2D eigenvalue weighted by molar-refractivity contribution is 5.86. The van der Waals surface area contributed by atoms with Gasteiger partial charge in [0.1, 0.15) is 11.5 Å². The van der Waals surface area contributed by atoms with Crippen LogP contribution in [-0.2, 0) is 19.6 Å². The Labute approximate surface area is 187 Å². The van der Waals surface area contributed by atoms with Crippen molar-refractivity contribution in [3.63, 3.8) is 0 Å². The Kier molecular flexibility index (Phi) is 5.55. The lowest BCUT2D eigenvalue weighted by Gasteiger charge is -2.36. The van der Waals surface area contributed by atoms with Gasteiger partial charge < -0.3 is 19.6 Å². The standard InChI is InChI=1S/C26H27N3O3/c1-31-20-6-7-23-22(13-20)21-9-11-29(15-17-5-8-24(32-2)19(12-17)16-30)26(25(21)28-23)18-4-3-10-27-14-18/h3-8,10,12-14,26,28,30H,9,11,15-16H2,1-2H3/t26-/m1/s1. The number of aliphatic hydroxyl groups excluding tert-OH is 1. The van der Waals surface area contributed by atoms with Crippen molar-refractivity contribution in [1.82, 2.24) is 14.9 Å². The average molecular weight is 430 g/mol. The number of H-pyrrole nitrogens is 1. The maximum atomic E-state index is 9.75. The number of aromatic nitrogens is 2. The van der Waals surface area contributed by atoms with E-state index in [1.807, 2.05) is 36.7 Å². The molecule has 1 aliphatic heterocycles. The number of benzene rings is 2. The summed E-state index contributed by atoms with van der Waals surface area (Å²) in [5.41, 5.74) is 6.78. The van der Waals surface area contributed by atoms with E-state index in [-0.39, 0.29) is 12.6 Å². The van der Waals surface area contributed by atoms with Gasteiger partial charge in [0, 0.05) is 47.6 Å². The highest BCUT2D eigenvalue weighted by Gasteiger charge is 2.32. The van der Waals surface area contributed by atoms with Crippen LogP contribution in [0.2, 0.25) is 0 Å². The molecule has 1 atom stereocenters. The highest BCUT2D eigenvalue weighted by atomic mass is 16.5. The van der Waals surface area contributed by atoms with Crippen molar-refractivity contribution in [2.75, 3.05) is 20.8 Å². The number of methoxy groups -OCH3 is 2. The summed E-state index contributed by atoms with van der Waals surface area (Å²) in [4.78, 5) is 10.6. The van der Waals surface area contributed by atoms with E-state index in [0.717, 1.165) is 47.5 Å². The molecule has 3 heterocycles. The molecular weight excluding hydrogens is 402 g/mol. The van der Waals surface area contributed by atoms with Gasteiger partial charge in [-0.3, -0.25) is 9.88 Å². The third-order valence-corrected chi connectivity index (χ3v) is 6.33.